The molecule has 0 spiro atoms. The first-order chi connectivity index (χ1) is 12.6. The van der Waals surface area contributed by atoms with Gasteiger partial charge in [-0.05, 0) is 45.0 Å². The monoisotopic (exact) mass is 358 g/mol. The minimum Gasteiger partial charge on any atom is -0.507 e. The Kier molecular flexibility index (Phi) is 7.36. The van der Waals surface area contributed by atoms with Crippen LogP contribution in [0.5, 0.6) is 23.0 Å². The fourth-order valence-electron chi connectivity index (χ4n) is 2.52. The predicted octanol–water partition coefficient (Wildman–Crippen LogP) is 4.34. The molecule has 5 heteroatoms. The molecule has 2 aromatic carbocycles. The van der Waals surface area contributed by atoms with Crippen LogP contribution >= 0.6 is 0 Å². The third-order valence-electron chi connectivity index (χ3n) is 3.69. The van der Waals surface area contributed by atoms with Crippen LogP contribution in [-0.4, -0.2) is 30.0 Å². The molecule has 0 saturated carbocycles. The number of benzene rings is 2. The topological polar surface area (TPSA) is 68.2 Å². The molecule has 0 fully saturated rings. The molecular weight excluding hydrogens is 332 g/mol. The third-order valence-corrected chi connectivity index (χ3v) is 3.69. The molecule has 0 aliphatic carbocycles. The fourth-order valence-corrected chi connectivity index (χ4v) is 2.52. The molecule has 1 atom stereocenters. The highest BCUT2D eigenvalue weighted by Gasteiger charge is 2.11. The summed E-state index contributed by atoms with van der Waals surface area (Å²) in [7, 11) is 0. The molecule has 0 aromatic heterocycles. The maximum atomic E-state index is 10.4. The lowest BCUT2D eigenvalue weighted by atomic mass is 10.1. The van der Waals surface area contributed by atoms with E-state index >= 15 is 0 Å². The van der Waals surface area contributed by atoms with E-state index < -0.39 is 6.10 Å². The van der Waals surface area contributed by atoms with Crippen molar-refractivity contribution in [3.63, 3.8) is 0 Å². The summed E-state index contributed by atoms with van der Waals surface area (Å²) in [5.74, 6) is 1.97. The molecule has 0 aliphatic rings. The zero-order chi connectivity index (χ0) is 18.9. The average Bonchev–Trinajstić information content (AvgIpc) is 2.62. The van der Waals surface area contributed by atoms with Crippen LogP contribution in [0.4, 0.5) is 0 Å². The van der Waals surface area contributed by atoms with Gasteiger partial charge in [0.05, 0.1) is 19.8 Å². The Morgan fingerprint density at radius 1 is 0.885 bits per heavy atom. The van der Waals surface area contributed by atoms with Gasteiger partial charge in [-0.3, -0.25) is 0 Å². The average molecular weight is 358 g/mol. The van der Waals surface area contributed by atoms with Crippen LogP contribution in [0, 0.1) is 0 Å². The molecule has 5 nitrogen and oxygen atoms in total. The zero-order valence-electron chi connectivity index (χ0n) is 15.4. The summed E-state index contributed by atoms with van der Waals surface area (Å²) in [6, 6.07) is 10.4. The van der Waals surface area contributed by atoms with Gasteiger partial charge in [-0.25, -0.2) is 0 Å². The van der Waals surface area contributed by atoms with Gasteiger partial charge < -0.3 is 24.4 Å². The van der Waals surface area contributed by atoms with Gasteiger partial charge in [0.15, 0.2) is 0 Å². The first kappa shape index (κ1) is 19.7. The van der Waals surface area contributed by atoms with Gasteiger partial charge in [0, 0.05) is 23.3 Å². The minimum absolute atomic E-state index is 0.00942. The second-order valence-electron chi connectivity index (χ2n) is 5.52. The zero-order valence-corrected chi connectivity index (χ0v) is 15.4. The van der Waals surface area contributed by atoms with Crippen molar-refractivity contribution >= 4 is 6.08 Å². The Morgan fingerprint density at radius 3 is 2.12 bits per heavy atom. The summed E-state index contributed by atoms with van der Waals surface area (Å²) in [6.07, 6.45) is 2.42. The molecule has 0 radical (unpaired) electrons. The van der Waals surface area contributed by atoms with E-state index in [1.54, 1.807) is 24.3 Å². The van der Waals surface area contributed by atoms with E-state index in [2.05, 4.69) is 0 Å². The summed E-state index contributed by atoms with van der Waals surface area (Å²) in [5, 5.41) is 20.5. The smallest absolute Gasteiger partial charge is 0.130 e. The van der Waals surface area contributed by atoms with Crippen molar-refractivity contribution in [3.8, 4) is 23.0 Å². The van der Waals surface area contributed by atoms with Crippen molar-refractivity contribution in [1.29, 1.82) is 0 Å². The highest BCUT2D eigenvalue weighted by atomic mass is 16.5. The van der Waals surface area contributed by atoms with Crippen LogP contribution in [0.1, 0.15) is 38.0 Å². The number of phenolic OH excluding ortho intramolecular Hbond substituents is 1. The number of ether oxygens (including phenoxy) is 3. The van der Waals surface area contributed by atoms with Gasteiger partial charge in [0.2, 0.25) is 0 Å². The van der Waals surface area contributed by atoms with Crippen LogP contribution in [0.25, 0.3) is 6.08 Å². The first-order valence-corrected chi connectivity index (χ1v) is 8.80. The Hall–Kier alpha value is -2.66. The maximum absolute atomic E-state index is 10.4. The maximum Gasteiger partial charge on any atom is 0.130 e. The number of hydrogen-bond acceptors (Lipinski definition) is 5. The molecule has 0 heterocycles. The van der Waals surface area contributed by atoms with Crippen LogP contribution in [0.15, 0.2) is 42.5 Å². The highest BCUT2D eigenvalue weighted by Crippen LogP contribution is 2.31. The summed E-state index contributed by atoms with van der Waals surface area (Å²) < 4.78 is 16.5. The largest absolute Gasteiger partial charge is 0.507 e. The molecule has 2 aromatic rings. The summed E-state index contributed by atoms with van der Waals surface area (Å²) in [4.78, 5) is 0. The third kappa shape index (κ3) is 5.17. The van der Waals surface area contributed by atoms with Crippen molar-refractivity contribution < 1.29 is 24.4 Å². The van der Waals surface area contributed by atoms with Gasteiger partial charge in [-0.2, -0.15) is 0 Å². The van der Waals surface area contributed by atoms with Gasteiger partial charge >= 0.3 is 0 Å². The van der Waals surface area contributed by atoms with Crippen LogP contribution in [0.2, 0.25) is 0 Å². The highest BCUT2D eigenvalue weighted by molar-refractivity contribution is 5.60. The standard InChI is InChI=1S/C21H26O5/c1-4-24-16-10-11-18(20(23)13-16)19(22)12-8-15-7-9-17(25-5-2)14-21(15)26-6-3/h7-14,19,22-23H,4-6H2,1-3H3. The first-order valence-electron chi connectivity index (χ1n) is 8.80. The molecular formula is C21H26O5. The molecule has 0 bridgehead atoms. The van der Waals surface area contributed by atoms with Crippen molar-refractivity contribution in [3.05, 3.63) is 53.6 Å². The minimum atomic E-state index is -0.952. The van der Waals surface area contributed by atoms with Gasteiger partial charge in [0.25, 0.3) is 0 Å². The number of hydrogen-bond donors (Lipinski definition) is 2. The van der Waals surface area contributed by atoms with E-state index in [0.717, 1.165) is 11.3 Å². The number of phenols is 1. The normalized spacial score (nSPS) is 12.2. The number of rotatable bonds is 9. The second kappa shape index (κ2) is 9.73. The van der Waals surface area contributed by atoms with Gasteiger partial charge in [-0.1, -0.05) is 12.2 Å². The van der Waals surface area contributed by atoms with Gasteiger partial charge in [-0.15, -0.1) is 0 Å². The lowest BCUT2D eigenvalue weighted by Crippen LogP contribution is -1.98. The molecule has 0 aliphatic heterocycles. The van der Waals surface area contributed by atoms with Crippen LogP contribution < -0.4 is 14.2 Å². The van der Waals surface area contributed by atoms with Gasteiger partial charge in [0.1, 0.15) is 29.1 Å². The molecule has 2 N–H and O–H groups in total. The van der Waals surface area contributed by atoms with Crippen molar-refractivity contribution in [2.45, 2.75) is 26.9 Å². The molecule has 0 amide bonds. The molecule has 1 unspecified atom stereocenters. The number of aromatic hydroxyl groups is 1. The molecule has 2 rings (SSSR count). The quantitative estimate of drug-likeness (QED) is 0.698. The Morgan fingerprint density at radius 2 is 1.50 bits per heavy atom. The molecule has 0 saturated heterocycles. The van der Waals surface area contributed by atoms with Crippen molar-refractivity contribution in [2.24, 2.45) is 0 Å². The lowest BCUT2D eigenvalue weighted by Gasteiger charge is -2.12. The molecule has 140 valence electrons. The van der Waals surface area contributed by atoms with E-state index in [9.17, 15) is 10.2 Å². The van der Waals surface area contributed by atoms with E-state index in [4.69, 9.17) is 14.2 Å². The number of aliphatic hydroxyl groups is 1. The van der Waals surface area contributed by atoms with Crippen LogP contribution in [-0.2, 0) is 0 Å². The Bertz CT molecular complexity index is 739. The lowest BCUT2D eigenvalue weighted by molar-refractivity contribution is 0.224. The Balaban J connectivity index is 2.20. The predicted molar refractivity (Wildman–Crippen MR) is 102 cm³/mol. The SMILES string of the molecule is CCOc1ccc(C(O)C=Cc2ccc(OCC)cc2OCC)c(O)c1. The summed E-state index contributed by atoms with van der Waals surface area (Å²) in [5.41, 5.74) is 1.23. The Labute approximate surface area is 154 Å². The van der Waals surface area contributed by atoms with Crippen molar-refractivity contribution in [2.75, 3.05) is 19.8 Å². The van der Waals surface area contributed by atoms with Crippen molar-refractivity contribution in [1.82, 2.24) is 0 Å². The van der Waals surface area contributed by atoms with E-state index in [0.29, 0.717) is 36.9 Å². The van der Waals surface area contributed by atoms with E-state index in [1.165, 1.54) is 6.07 Å². The second-order valence-corrected chi connectivity index (χ2v) is 5.52. The summed E-state index contributed by atoms with van der Waals surface area (Å²) >= 11 is 0. The van der Waals surface area contributed by atoms with E-state index in [1.807, 2.05) is 39.0 Å². The van der Waals surface area contributed by atoms with Crippen LogP contribution in [0.3, 0.4) is 0 Å². The van der Waals surface area contributed by atoms with E-state index in [-0.39, 0.29) is 5.75 Å². The molecule has 26 heavy (non-hydrogen) atoms. The fraction of sp³-hybridized carbons (Fsp3) is 0.333. The number of aliphatic hydroxyl groups excluding tert-OH is 1. The summed E-state index contributed by atoms with van der Waals surface area (Å²) in [6.45, 7) is 7.32.